The van der Waals surface area contributed by atoms with Gasteiger partial charge < -0.3 is 14.0 Å². The molecule has 3 heterocycles. The van der Waals surface area contributed by atoms with Gasteiger partial charge in [0.05, 0.1) is 27.5 Å². The van der Waals surface area contributed by atoms with Crippen LogP contribution in [0.1, 0.15) is 32.0 Å². The number of hydrogen-bond acceptors (Lipinski definition) is 5. The SMILES string of the molecule is Cc1cn2cccc(OCc3c(Cl)ccc(N(C)C(=O)CN4C(=O)c5ccccc5C4=O)c3Cl)c2n1. The van der Waals surface area contributed by atoms with Crippen LogP contribution in [0.2, 0.25) is 10.0 Å². The molecule has 1 aliphatic heterocycles. The fourth-order valence-electron chi connectivity index (χ4n) is 4.11. The molecule has 8 nitrogen and oxygen atoms in total. The lowest BCUT2D eigenvalue weighted by atomic mass is 10.1. The van der Waals surface area contributed by atoms with Gasteiger partial charge in [0.1, 0.15) is 13.2 Å². The molecule has 0 atom stereocenters. The topological polar surface area (TPSA) is 84.2 Å². The summed E-state index contributed by atoms with van der Waals surface area (Å²) in [4.78, 5) is 45.1. The van der Waals surface area contributed by atoms with Gasteiger partial charge >= 0.3 is 0 Å². The minimum atomic E-state index is -0.503. The molecule has 10 heteroatoms. The van der Waals surface area contributed by atoms with E-state index in [0.29, 0.717) is 27.7 Å². The van der Waals surface area contributed by atoms with Crippen LogP contribution in [-0.4, -0.2) is 45.6 Å². The Hall–Kier alpha value is -3.88. The molecule has 0 aliphatic carbocycles. The van der Waals surface area contributed by atoms with Gasteiger partial charge in [0, 0.05) is 30.0 Å². The third-order valence-corrected chi connectivity index (χ3v) is 6.79. The number of rotatable bonds is 6. The van der Waals surface area contributed by atoms with Crippen molar-refractivity contribution < 1.29 is 19.1 Å². The molecule has 0 radical (unpaired) electrons. The van der Waals surface area contributed by atoms with Crippen LogP contribution in [-0.2, 0) is 11.4 Å². The van der Waals surface area contributed by atoms with Crippen molar-refractivity contribution in [2.45, 2.75) is 13.5 Å². The first-order valence-corrected chi connectivity index (χ1v) is 11.8. The molecule has 4 aromatic rings. The van der Waals surface area contributed by atoms with Crippen molar-refractivity contribution >= 4 is 52.3 Å². The lowest BCUT2D eigenvalue weighted by Crippen LogP contribution is -2.41. The number of likely N-dealkylation sites (N-methyl/N-ethyl adjacent to an activating group) is 1. The van der Waals surface area contributed by atoms with Gasteiger partial charge in [0.15, 0.2) is 11.4 Å². The van der Waals surface area contributed by atoms with Crippen LogP contribution >= 0.6 is 23.2 Å². The summed E-state index contributed by atoms with van der Waals surface area (Å²) in [5.74, 6) is -0.939. The number of anilines is 1. The number of imidazole rings is 1. The number of hydrogen-bond donors (Lipinski definition) is 0. The van der Waals surface area contributed by atoms with Crippen molar-refractivity contribution in [3.8, 4) is 5.75 Å². The number of amides is 3. The van der Waals surface area contributed by atoms with E-state index in [1.807, 2.05) is 29.8 Å². The van der Waals surface area contributed by atoms with Crippen molar-refractivity contribution in [1.82, 2.24) is 14.3 Å². The standard InChI is InChI=1S/C26H20Cl2N4O4/c1-15-12-31-11-5-8-21(24(31)29-15)36-14-18-19(27)9-10-20(23(18)28)30(2)22(33)13-32-25(34)16-6-3-4-7-17(16)26(32)35/h3-12H,13-14H2,1-2H3. The van der Waals surface area contributed by atoms with E-state index in [0.717, 1.165) is 10.6 Å². The molecule has 0 N–H and O–H groups in total. The molecule has 2 aromatic carbocycles. The first-order valence-electron chi connectivity index (χ1n) is 11.0. The van der Waals surface area contributed by atoms with Gasteiger partial charge in [-0.05, 0) is 43.3 Å². The number of carbonyl (C=O) groups excluding carboxylic acids is 3. The van der Waals surface area contributed by atoms with Gasteiger partial charge in [-0.1, -0.05) is 35.3 Å². The van der Waals surface area contributed by atoms with Gasteiger partial charge in [-0.3, -0.25) is 19.3 Å². The summed E-state index contributed by atoms with van der Waals surface area (Å²) in [5, 5.41) is 0.601. The third kappa shape index (κ3) is 4.08. The Bertz CT molecular complexity index is 1510. The van der Waals surface area contributed by atoms with Gasteiger partial charge in [-0.2, -0.15) is 0 Å². The smallest absolute Gasteiger partial charge is 0.262 e. The Kier molecular flexibility index (Phi) is 6.15. The number of fused-ring (bicyclic) bond motifs is 2. The highest BCUT2D eigenvalue weighted by Crippen LogP contribution is 2.35. The maximum atomic E-state index is 13.1. The van der Waals surface area contributed by atoms with E-state index in [1.165, 1.54) is 11.9 Å². The minimum Gasteiger partial charge on any atom is -0.485 e. The van der Waals surface area contributed by atoms with Gasteiger partial charge in [-0.15, -0.1) is 0 Å². The molecular weight excluding hydrogens is 503 g/mol. The van der Waals surface area contributed by atoms with Gasteiger partial charge in [-0.25, -0.2) is 4.98 Å². The quantitative estimate of drug-likeness (QED) is 0.340. The van der Waals surface area contributed by atoms with Gasteiger partial charge in [0.25, 0.3) is 11.8 Å². The zero-order chi connectivity index (χ0) is 25.6. The number of ether oxygens (including phenoxy) is 1. The second kappa shape index (κ2) is 9.29. The van der Waals surface area contributed by atoms with Crippen LogP contribution in [0.3, 0.4) is 0 Å². The highest BCUT2D eigenvalue weighted by atomic mass is 35.5. The molecule has 0 unspecified atom stereocenters. The summed E-state index contributed by atoms with van der Waals surface area (Å²) in [5.41, 5.74) is 2.93. The number of nitrogens with zero attached hydrogens (tertiary/aromatic N) is 4. The summed E-state index contributed by atoms with van der Waals surface area (Å²) in [6.07, 6.45) is 3.76. The monoisotopic (exact) mass is 522 g/mol. The molecule has 1 aliphatic rings. The Balaban J connectivity index is 1.35. The largest absolute Gasteiger partial charge is 0.485 e. The Morgan fingerprint density at radius 1 is 1.03 bits per heavy atom. The Morgan fingerprint density at radius 2 is 1.72 bits per heavy atom. The van der Waals surface area contributed by atoms with Crippen LogP contribution < -0.4 is 9.64 Å². The number of carbonyl (C=O) groups is 3. The maximum Gasteiger partial charge on any atom is 0.262 e. The van der Waals surface area contributed by atoms with E-state index < -0.39 is 24.3 Å². The molecule has 2 aromatic heterocycles. The molecule has 0 saturated heterocycles. The summed E-state index contributed by atoms with van der Waals surface area (Å²) >= 11 is 13.1. The summed E-state index contributed by atoms with van der Waals surface area (Å²) in [6, 6.07) is 13.3. The third-order valence-electron chi connectivity index (χ3n) is 6.01. The van der Waals surface area contributed by atoms with Crippen molar-refractivity contribution in [1.29, 1.82) is 0 Å². The van der Waals surface area contributed by atoms with E-state index >= 15 is 0 Å². The molecule has 5 rings (SSSR count). The number of imide groups is 1. The lowest BCUT2D eigenvalue weighted by molar-refractivity contribution is -0.118. The molecule has 3 amide bonds. The average Bonchev–Trinajstić information content (AvgIpc) is 3.36. The average molecular weight is 523 g/mol. The van der Waals surface area contributed by atoms with E-state index in [9.17, 15) is 14.4 Å². The predicted molar refractivity (Wildman–Crippen MR) is 136 cm³/mol. The molecule has 0 spiro atoms. The molecule has 36 heavy (non-hydrogen) atoms. The van der Waals surface area contributed by atoms with E-state index in [-0.39, 0.29) is 22.8 Å². The highest BCUT2D eigenvalue weighted by molar-refractivity contribution is 6.38. The van der Waals surface area contributed by atoms with Crippen LogP contribution in [0.4, 0.5) is 5.69 Å². The second-order valence-electron chi connectivity index (χ2n) is 8.33. The number of pyridine rings is 1. The molecule has 182 valence electrons. The fourth-order valence-corrected chi connectivity index (χ4v) is 4.71. The van der Waals surface area contributed by atoms with Gasteiger partial charge in [0.2, 0.25) is 5.91 Å². The van der Waals surface area contributed by atoms with E-state index in [1.54, 1.807) is 42.5 Å². The van der Waals surface area contributed by atoms with Crippen molar-refractivity contribution in [2.75, 3.05) is 18.5 Å². The van der Waals surface area contributed by atoms with Crippen molar-refractivity contribution in [3.05, 3.63) is 93.4 Å². The lowest BCUT2D eigenvalue weighted by Gasteiger charge is -2.23. The number of halogens is 2. The van der Waals surface area contributed by atoms with Crippen molar-refractivity contribution in [2.24, 2.45) is 0 Å². The molecule has 0 fully saturated rings. The number of aromatic nitrogens is 2. The second-order valence-corrected chi connectivity index (χ2v) is 9.11. The normalized spacial score (nSPS) is 12.8. The Labute approximate surface area is 216 Å². The molecule has 0 saturated carbocycles. The summed E-state index contributed by atoms with van der Waals surface area (Å²) < 4.78 is 7.85. The molecule has 0 bridgehead atoms. The van der Waals surface area contributed by atoms with E-state index in [2.05, 4.69) is 4.98 Å². The Morgan fingerprint density at radius 3 is 2.42 bits per heavy atom. The fraction of sp³-hybridized carbons (Fsp3) is 0.154. The first kappa shape index (κ1) is 23.8. The summed E-state index contributed by atoms with van der Waals surface area (Å²) in [6.45, 7) is 1.51. The van der Waals surface area contributed by atoms with E-state index in [4.69, 9.17) is 27.9 Å². The maximum absolute atomic E-state index is 13.1. The van der Waals surface area contributed by atoms with Crippen LogP contribution in [0.5, 0.6) is 5.75 Å². The van der Waals surface area contributed by atoms with Crippen LogP contribution in [0.25, 0.3) is 5.65 Å². The van der Waals surface area contributed by atoms with Crippen LogP contribution in [0, 0.1) is 6.92 Å². The predicted octanol–water partition coefficient (Wildman–Crippen LogP) is 4.79. The minimum absolute atomic E-state index is 0.0392. The zero-order valence-electron chi connectivity index (χ0n) is 19.4. The summed E-state index contributed by atoms with van der Waals surface area (Å²) in [7, 11) is 1.52. The number of benzene rings is 2. The number of aryl methyl sites for hydroxylation is 1. The molecular formula is C26H20Cl2N4O4. The zero-order valence-corrected chi connectivity index (χ0v) is 20.9. The highest BCUT2D eigenvalue weighted by Gasteiger charge is 2.37. The first-order chi connectivity index (χ1) is 17.3. The van der Waals surface area contributed by atoms with Crippen molar-refractivity contribution in [3.63, 3.8) is 0 Å². The van der Waals surface area contributed by atoms with Crippen LogP contribution in [0.15, 0.2) is 60.9 Å².